The van der Waals surface area contributed by atoms with Crippen LogP contribution in [0.2, 0.25) is 0 Å². The van der Waals surface area contributed by atoms with Crippen molar-refractivity contribution in [2.45, 2.75) is 69.6 Å². The van der Waals surface area contributed by atoms with E-state index in [1.807, 2.05) is 0 Å². The summed E-state index contributed by atoms with van der Waals surface area (Å²) < 4.78 is 0. The van der Waals surface area contributed by atoms with Gasteiger partial charge in [0, 0.05) is 19.6 Å². The summed E-state index contributed by atoms with van der Waals surface area (Å²) in [4.78, 5) is 27.0. The number of nitrogens with zero attached hydrogens (tertiary/aromatic N) is 2. The monoisotopic (exact) mass is 298 g/mol. The molecule has 0 radical (unpaired) electrons. The number of rotatable bonds is 3. The molecule has 2 fully saturated rings. The maximum Gasteiger partial charge on any atom is 0.320 e. The molecule has 1 saturated carbocycles. The number of carboxylic acid groups (broad SMARTS) is 1. The highest BCUT2D eigenvalue weighted by molar-refractivity contribution is 5.76. The van der Waals surface area contributed by atoms with Gasteiger partial charge in [-0.05, 0) is 32.1 Å². The van der Waals surface area contributed by atoms with Crippen LogP contribution in [0.25, 0.3) is 0 Å². The summed E-state index contributed by atoms with van der Waals surface area (Å²) in [5, 5.41) is 19.1. The quantitative estimate of drug-likeness (QED) is 0.830. The molecule has 2 rings (SSSR count). The Bertz CT molecular complexity index is 388. The van der Waals surface area contributed by atoms with Crippen LogP contribution in [0.4, 0.5) is 4.79 Å². The van der Waals surface area contributed by atoms with Crippen molar-refractivity contribution in [3.8, 4) is 0 Å². The van der Waals surface area contributed by atoms with Crippen molar-refractivity contribution in [1.82, 2.24) is 9.80 Å². The topological polar surface area (TPSA) is 81.1 Å². The number of hydrogen-bond donors (Lipinski definition) is 2. The third kappa shape index (κ3) is 3.87. The van der Waals surface area contributed by atoms with Gasteiger partial charge in [-0.15, -0.1) is 0 Å². The van der Waals surface area contributed by atoms with E-state index >= 15 is 0 Å². The predicted octanol–water partition coefficient (Wildman–Crippen LogP) is 1.67. The van der Waals surface area contributed by atoms with Crippen LogP contribution in [0.5, 0.6) is 0 Å². The molecule has 6 heteroatoms. The molecule has 0 bridgehead atoms. The van der Waals surface area contributed by atoms with Gasteiger partial charge in [-0.1, -0.05) is 12.8 Å². The van der Waals surface area contributed by atoms with Crippen LogP contribution >= 0.6 is 0 Å². The summed E-state index contributed by atoms with van der Waals surface area (Å²) in [6.45, 7) is 0.615. The normalized spacial score (nSPS) is 30.0. The highest BCUT2D eigenvalue weighted by Gasteiger charge is 2.35. The lowest BCUT2D eigenvalue weighted by Crippen LogP contribution is -2.55. The number of aliphatic hydroxyl groups is 1. The molecule has 3 unspecified atom stereocenters. The van der Waals surface area contributed by atoms with E-state index in [4.69, 9.17) is 5.11 Å². The molecule has 1 aliphatic heterocycles. The Hall–Kier alpha value is -1.30. The Balaban J connectivity index is 2.03. The van der Waals surface area contributed by atoms with Crippen molar-refractivity contribution in [2.24, 2.45) is 0 Å². The van der Waals surface area contributed by atoms with Gasteiger partial charge in [-0.3, -0.25) is 4.79 Å². The minimum Gasteiger partial charge on any atom is -0.481 e. The highest BCUT2D eigenvalue weighted by atomic mass is 16.4. The third-order valence-electron chi connectivity index (χ3n) is 4.78. The van der Waals surface area contributed by atoms with Gasteiger partial charge in [-0.25, -0.2) is 4.79 Å². The second kappa shape index (κ2) is 7.11. The molecule has 2 aliphatic rings. The van der Waals surface area contributed by atoms with E-state index in [0.717, 1.165) is 44.9 Å². The predicted molar refractivity (Wildman–Crippen MR) is 78.0 cm³/mol. The standard InChI is InChI=1S/C15H26N2O4/c1-16(12-7-2-3-8-13(12)18)15(21)17-9-5-4-6-11(17)10-14(19)20/h11-13,18H,2-10H2,1H3,(H,19,20). The molecule has 1 heterocycles. The van der Waals surface area contributed by atoms with E-state index in [1.54, 1.807) is 16.8 Å². The van der Waals surface area contributed by atoms with Gasteiger partial charge in [0.2, 0.25) is 0 Å². The molecule has 0 aromatic heterocycles. The van der Waals surface area contributed by atoms with E-state index in [9.17, 15) is 14.7 Å². The number of carboxylic acids is 1. The lowest BCUT2D eigenvalue weighted by molar-refractivity contribution is -0.138. The van der Waals surface area contributed by atoms with Gasteiger partial charge in [0.05, 0.1) is 18.6 Å². The van der Waals surface area contributed by atoms with Crippen molar-refractivity contribution < 1.29 is 19.8 Å². The van der Waals surface area contributed by atoms with Crippen molar-refractivity contribution in [2.75, 3.05) is 13.6 Å². The molecule has 1 aliphatic carbocycles. The van der Waals surface area contributed by atoms with Crippen LogP contribution in [-0.2, 0) is 4.79 Å². The van der Waals surface area contributed by atoms with Crippen molar-refractivity contribution >= 4 is 12.0 Å². The number of hydrogen-bond acceptors (Lipinski definition) is 3. The molecule has 0 spiro atoms. The van der Waals surface area contributed by atoms with E-state index < -0.39 is 12.1 Å². The molecular weight excluding hydrogens is 272 g/mol. The summed E-state index contributed by atoms with van der Waals surface area (Å²) >= 11 is 0. The molecule has 0 aromatic rings. The Morgan fingerprint density at radius 3 is 2.48 bits per heavy atom. The van der Waals surface area contributed by atoms with Crippen LogP contribution in [0.3, 0.4) is 0 Å². The van der Waals surface area contributed by atoms with Crippen molar-refractivity contribution in [3.05, 3.63) is 0 Å². The first-order valence-electron chi connectivity index (χ1n) is 7.94. The lowest BCUT2D eigenvalue weighted by Gasteiger charge is -2.42. The van der Waals surface area contributed by atoms with Crippen LogP contribution in [0.15, 0.2) is 0 Å². The van der Waals surface area contributed by atoms with Gasteiger partial charge >= 0.3 is 12.0 Å². The molecule has 1 saturated heterocycles. The molecule has 2 N–H and O–H groups in total. The highest BCUT2D eigenvalue weighted by Crippen LogP contribution is 2.26. The minimum absolute atomic E-state index is 0.00675. The van der Waals surface area contributed by atoms with Crippen LogP contribution < -0.4 is 0 Å². The van der Waals surface area contributed by atoms with Crippen molar-refractivity contribution in [1.29, 1.82) is 0 Å². The zero-order valence-electron chi connectivity index (χ0n) is 12.7. The second-order valence-corrected chi connectivity index (χ2v) is 6.25. The zero-order chi connectivity index (χ0) is 15.4. The number of aliphatic carboxylic acids is 1. The summed E-state index contributed by atoms with van der Waals surface area (Å²) in [6, 6.07) is -0.488. The third-order valence-corrected chi connectivity index (χ3v) is 4.78. The van der Waals surface area contributed by atoms with E-state index in [1.165, 1.54) is 0 Å². The van der Waals surface area contributed by atoms with Gasteiger partial charge in [-0.2, -0.15) is 0 Å². The van der Waals surface area contributed by atoms with Gasteiger partial charge in [0.15, 0.2) is 0 Å². The zero-order valence-corrected chi connectivity index (χ0v) is 12.7. The maximum atomic E-state index is 12.7. The molecule has 3 atom stereocenters. The van der Waals surface area contributed by atoms with E-state index in [2.05, 4.69) is 0 Å². The Morgan fingerprint density at radius 2 is 1.81 bits per heavy atom. The summed E-state index contributed by atoms with van der Waals surface area (Å²) in [5.74, 6) is -0.861. The molecule has 0 aromatic carbocycles. The Kier molecular flexibility index (Phi) is 5.45. The number of likely N-dealkylation sites (tertiary alicyclic amines) is 1. The summed E-state index contributed by atoms with van der Waals surface area (Å²) in [6.07, 6.45) is 5.77. The van der Waals surface area contributed by atoms with Gasteiger partial charge in [0.1, 0.15) is 0 Å². The van der Waals surface area contributed by atoms with E-state index in [-0.39, 0.29) is 24.5 Å². The van der Waals surface area contributed by atoms with E-state index in [0.29, 0.717) is 6.54 Å². The van der Waals surface area contributed by atoms with Crippen molar-refractivity contribution in [3.63, 3.8) is 0 Å². The second-order valence-electron chi connectivity index (χ2n) is 6.25. The fraction of sp³-hybridized carbons (Fsp3) is 0.867. The first-order chi connectivity index (χ1) is 10.0. The average Bonchev–Trinajstić information content (AvgIpc) is 2.46. The number of carbonyl (C=O) groups excluding carboxylic acids is 1. The molecule has 21 heavy (non-hydrogen) atoms. The van der Waals surface area contributed by atoms with Gasteiger partial charge in [0.25, 0.3) is 0 Å². The number of carbonyl (C=O) groups is 2. The Morgan fingerprint density at radius 1 is 1.14 bits per heavy atom. The number of piperidine rings is 1. The van der Waals surface area contributed by atoms with Crippen LogP contribution in [-0.4, -0.2) is 63.8 Å². The fourth-order valence-corrected chi connectivity index (χ4v) is 3.55. The van der Waals surface area contributed by atoms with Crippen LogP contribution in [0, 0.1) is 0 Å². The number of aliphatic hydroxyl groups excluding tert-OH is 1. The largest absolute Gasteiger partial charge is 0.481 e. The summed E-state index contributed by atoms with van der Waals surface area (Å²) in [5.41, 5.74) is 0. The maximum absolute atomic E-state index is 12.7. The minimum atomic E-state index is -0.861. The van der Waals surface area contributed by atoms with Gasteiger partial charge < -0.3 is 20.0 Å². The fourth-order valence-electron chi connectivity index (χ4n) is 3.55. The molecule has 2 amide bonds. The number of likely N-dealkylation sites (N-methyl/N-ethyl adjacent to an activating group) is 1. The lowest BCUT2D eigenvalue weighted by atomic mass is 9.91. The number of urea groups is 1. The average molecular weight is 298 g/mol. The molecule has 6 nitrogen and oxygen atoms in total. The SMILES string of the molecule is CN(C(=O)N1CCCCC1CC(=O)O)C1CCCCC1O. The molecular formula is C15H26N2O4. The number of amides is 2. The summed E-state index contributed by atoms with van der Waals surface area (Å²) in [7, 11) is 1.73. The first-order valence-corrected chi connectivity index (χ1v) is 7.94. The first kappa shape index (κ1) is 16.1. The Labute approximate surface area is 125 Å². The van der Waals surface area contributed by atoms with Crippen LogP contribution in [0.1, 0.15) is 51.4 Å². The molecule has 120 valence electrons. The smallest absolute Gasteiger partial charge is 0.320 e.